The molecule has 0 aliphatic heterocycles. The summed E-state index contributed by atoms with van der Waals surface area (Å²) in [5, 5.41) is 1.53. The summed E-state index contributed by atoms with van der Waals surface area (Å²) in [6.45, 7) is 3.77. The van der Waals surface area contributed by atoms with Gasteiger partial charge >= 0.3 is 0 Å². The standard InChI is InChI=1S/C28H24F2/c1-2-3-4-20-5-10-22(11-6-20)24-15-18-27-25(19-24)14-13-23(28(27)30)12-7-21-8-16-26(29)17-9-21/h2,5-6,8-11,13-19H,1,3-4,7,12H2. The summed E-state index contributed by atoms with van der Waals surface area (Å²) >= 11 is 0. The summed E-state index contributed by atoms with van der Waals surface area (Å²) < 4.78 is 28.1. The van der Waals surface area contributed by atoms with Crippen molar-refractivity contribution >= 4 is 10.8 Å². The average molecular weight is 398 g/mol. The van der Waals surface area contributed by atoms with Gasteiger partial charge in [-0.05, 0) is 77.1 Å². The van der Waals surface area contributed by atoms with Crippen LogP contribution in [0.5, 0.6) is 0 Å². The minimum Gasteiger partial charge on any atom is -0.207 e. The summed E-state index contributed by atoms with van der Waals surface area (Å²) in [6.07, 6.45) is 5.16. The highest BCUT2D eigenvalue weighted by Crippen LogP contribution is 2.28. The zero-order valence-electron chi connectivity index (χ0n) is 16.9. The first-order chi connectivity index (χ1) is 14.6. The SMILES string of the molecule is C=CCCc1ccc(-c2ccc3c(F)c(CCc4ccc(F)cc4)ccc3c2)cc1. The number of hydrogen-bond donors (Lipinski definition) is 0. The van der Waals surface area contributed by atoms with Crippen LogP contribution in [0.25, 0.3) is 21.9 Å². The van der Waals surface area contributed by atoms with E-state index in [1.54, 1.807) is 12.1 Å². The van der Waals surface area contributed by atoms with Gasteiger partial charge in [0.25, 0.3) is 0 Å². The van der Waals surface area contributed by atoms with Gasteiger partial charge in [-0.2, -0.15) is 0 Å². The number of fused-ring (bicyclic) bond motifs is 1. The molecule has 0 aliphatic rings. The molecule has 0 spiro atoms. The first-order valence-corrected chi connectivity index (χ1v) is 10.3. The number of allylic oxidation sites excluding steroid dienone is 1. The number of benzene rings is 4. The minimum atomic E-state index is -0.252. The van der Waals surface area contributed by atoms with Crippen molar-refractivity contribution in [2.24, 2.45) is 0 Å². The van der Waals surface area contributed by atoms with Crippen LogP contribution in [0.1, 0.15) is 23.1 Å². The highest BCUT2D eigenvalue weighted by Gasteiger charge is 2.09. The van der Waals surface area contributed by atoms with E-state index >= 15 is 4.39 Å². The van der Waals surface area contributed by atoms with Gasteiger partial charge in [-0.1, -0.05) is 66.7 Å². The number of halogens is 2. The maximum absolute atomic E-state index is 15.1. The van der Waals surface area contributed by atoms with E-state index in [4.69, 9.17) is 0 Å². The second-order valence-corrected chi connectivity index (χ2v) is 7.63. The zero-order valence-corrected chi connectivity index (χ0v) is 16.9. The van der Waals surface area contributed by atoms with E-state index in [9.17, 15) is 4.39 Å². The molecule has 4 rings (SSSR count). The van der Waals surface area contributed by atoms with E-state index in [1.165, 1.54) is 17.7 Å². The fourth-order valence-corrected chi connectivity index (χ4v) is 3.77. The lowest BCUT2D eigenvalue weighted by atomic mass is 9.96. The Morgan fingerprint density at radius 2 is 1.33 bits per heavy atom. The van der Waals surface area contributed by atoms with E-state index in [2.05, 4.69) is 30.8 Å². The highest BCUT2D eigenvalue weighted by atomic mass is 19.1. The van der Waals surface area contributed by atoms with Crippen molar-refractivity contribution in [2.45, 2.75) is 25.7 Å². The van der Waals surface area contributed by atoms with Crippen molar-refractivity contribution in [1.29, 1.82) is 0 Å². The van der Waals surface area contributed by atoms with E-state index in [0.717, 1.165) is 34.9 Å². The number of rotatable bonds is 7. The Morgan fingerprint density at radius 3 is 2.07 bits per heavy atom. The van der Waals surface area contributed by atoms with Crippen molar-refractivity contribution in [3.8, 4) is 11.1 Å². The van der Waals surface area contributed by atoms with Crippen molar-refractivity contribution in [3.05, 3.63) is 120 Å². The number of hydrogen-bond acceptors (Lipinski definition) is 0. The van der Waals surface area contributed by atoms with Crippen molar-refractivity contribution in [1.82, 2.24) is 0 Å². The van der Waals surface area contributed by atoms with E-state index in [1.807, 2.05) is 36.4 Å². The Labute approximate surface area is 176 Å². The van der Waals surface area contributed by atoms with Crippen LogP contribution in [0, 0.1) is 11.6 Å². The van der Waals surface area contributed by atoms with Gasteiger partial charge < -0.3 is 0 Å². The van der Waals surface area contributed by atoms with Crippen LogP contribution < -0.4 is 0 Å². The molecule has 2 heteroatoms. The van der Waals surface area contributed by atoms with Gasteiger partial charge in [0.2, 0.25) is 0 Å². The highest BCUT2D eigenvalue weighted by molar-refractivity contribution is 5.88. The third kappa shape index (κ3) is 4.49. The Balaban J connectivity index is 1.54. The van der Waals surface area contributed by atoms with Crippen LogP contribution in [-0.4, -0.2) is 0 Å². The lowest BCUT2D eigenvalue weighted by Crippen LogP contribution is -1.96. The van der Waals surface area contributed by atoms with E-state index < -0.39 is 0 Å². The average Bonchev–Trinajstić information content (AvgIpc) is 2.78. The van der Waals surface area contributed by atoms with Gasteiger partial charge in [-0.15, -0.1) is 6.58 Å². The molecule has 0 nitrogen and oxygen atoms in total. The third-order valence-electron chi connectivity index (χ3n) is 5.55. The second kappa shape index (κ2) is 9.04. The molecular formula is C28H24F2. The summed E-state index contributed by atoms with van der Waals surface area (Å²) in [5.74, 6) is -0.418. The van der Waals surface area contributed by atoms with Gasteiger partial charge in [-0.25, -0.2) is 8.78 Å². The molecule has 0 fully saturated rings. The molecule has 0 aromatic heterocycles. The largest absolute Gasteiger partial charge is 0.207 e. The van der Waals surface area contributed by atoms with Crippen LogP contribution in [0.4, 0.5) is 8.78 Å². The Morgan fingerprint density at radius 1 is 0.667 bits per heavy atom. The van der Waals surface area contributed by atoms with Gasteiger partial charge in [0.05, 0.1) is 0 Å². The first-order valence-electron chi connectivity index (χ1n) is 10.3. The molecular weight excluding hydrogens is 374 g/mol. The van der Waals surface area contributed by atoms with E-state index in [-0.39, 0.29) is 11.6 Å². The molecule has 0 heterocycles. The number of aryl methyl sites for hydroxylation is 3. The van der Waals surface area contributed by atoms with Gasteiger partial charge in [0.1, 0.15) is 11.6 Å². The van der Waals surface area contributed by atoms with Crippen molar-refractivity contribution in [3.63, 3.8) is 0 Å². The molecule has 30 heavy (non-hydrogen) atoms. The second-order valence-electron chi connectivity index (χ2n) is 7.63. The Bertz CT molecular complexity index is 1160. The molecule has 0 saturated heterocycles. The van der Waals surface area contributed by atoms with Crippen LogP contribution in [0.3, 0.4) is 0 Å². The molecule has 0 radical (unpaired) electrons. The summed E-state index contributed by atoms with van der Waals surface area (Å²) in [4.78, 5) is 0. The fourth-order valence-electron chi connectivity index (χ4n) is 3.77. The minimum absolute atomic E-state index is 0.166. The molecule has 0 atom stereocenters. The fraction of sp³-hybridized carbons (Fsp3) is 0.143. The third-order valence-corrected chi connectivity index (χ3v) is 5.55. The maximum Gasteiger partial charge on any atom is 0.134 e. The Kier molecular flexibility index (Phi) is 6.04. The predicted molar refractivity (Wildman–Crippen MR) is 122 cm³/mol. The maximum atomic E-state index is 15.1. The molecule has 0 unspecified atom stereocenters. The van der Waals surface area contributed by atoms with Crippen LogP contribution in [0.2, 0.25) is 0 Å². The normalized spacial score (nSPS) is 11.0. The molecule has 0 saturated carbocycles. The summed E-state index contributed by atoms with van der Waals surface area (Å²) in [7, 11) is 0. The molecule has 0 N–H and O–H groups in total. The first kappa shape index (κ1) is 20.0. The summed E-state index contributed by atoms with van der Waals surface area (Å²) in [6, 6.07) is 24.7. The van der Waals surface area contributed by atoms with Crippen molar-refractivity contribution < 1.29 is 8.78 Å². The van der Waals surface area contributed by atoms with Gasteiger partial charge in [0.15, 0.2) is 0 Å². The van der Waals surface area contributed by atoms with Crippen LogP contribution >= 0.6 is 0 Å². The molecule has 0 bridgehead atoms. The van der Waals surface area contributed by atoms with E-state index in [0.29, 0.717) is 23.8 Å². The van der Waals surface area contributed by atoms with Crippen LogP contribution in [-0.2, 0) is 19.3 Å². The predicted octanol–water partition coefficient (Wildman–Crippen LogP) is 7.69. The molecule has 4 aromatic carbocycles. The van der Waals surface area contributed by atoms with Gasteiger partial charge in [0, 0.05) is 5.39 Å². The van der Waals surface area contributed by atoms with Gasteiger partial charge in [-0.3, -0.25) is 0 Å². The smallest absolute Gasteiger partial charge is 0.134 e. The lowest BCUT2D eigenvalue weighted by molar-refractivity contribution is 0.619. The molecule has 0 aliphatic carbocycles. The molecule has 150 valence electrons. The molecule has 0 amide bonds. The van der Waals surface area contributed by atoms with Crippen molar-refractivity contribution in [2.75, 3.05) is 0 Å². The lowest BCUT2D eigenvalue weighted by Gasteiger charge is -2.10. The van der Waals surface area contributed by atoms with Crippen LogP contribution in [0.15, 0.2) is 91.5 Å². The monoisotopic (exact) mass is 398 g/mol. The Hall–Kier alpha value is -3.26. The molecule has 4 aromatic rings. The topological polar surface area (TPSA) is 0 Å². The zero-order chi connectivity index (χ0) is 20.9. The quantitative estimate of drug-likeness (QED) is 0.280. The summed E-state index contributed by atoms with van der Waals surface area (Å²) in [5.41, 5.74) is 5.18.